The Kier molecular flexibility index (Phi) is 6.85. The van der Waals surface area contributed by atoms with E-state index < -0.39 is 17.9 Å². The number of carbonyl (C=O) groups excluding carboxylic acids is 2. The Morgan fingerprint density at radius 1 is 1.32 bits per heavy atom. The molecule has 0 radical (unpaired) electrons. The summed E-state index contributed by atoms with van der Waals surface area (Å²) in [5.74, 6) is -2.12. The summed E-state index contributed by atoms with van der Waals surface area (Å²) in [6.07, 6.45) is 0. The molecule has 146 valence electrons. The zero-order valence-corrected chi connectivity index (χ0v) is 16.2. The van der Waals surface area contributed by atoms with Gasteiger partial charge in [-0.2, -0.15) is 5.26 Å². The van der Waals surface area contributed by atoms with E-state index in [2.05, 4.69) is 6.58 Å². The summed E-state index contributed by atoms with van der Waals surface area (Å²) in [4.78, 5) is 24.0. The molecule has 0 bridgehead atoms. The maximum atomic E-state index is 12.7. The summed E-state index contributed by atoms with van der Waals surface area (Å²) in [6.45, 7) is 6.19. The number of allylic oxidation sites excluding steroid dienone is 2. The van der Waals surface area contributed by atoms with Crippen LogP contribution in [0.1, 0.15) is 25.3 Å². The highest BCUT2D eigenvalue weighted by Crippen LogP contribution is 2.41. The minimum atomic E-state index is -0.835. The SMILES string of the molecule is C=C(C)C(=O)OCCOC(=O)C1=C(N)OC(C)=C(C#N)[C@H]1c1ccccc1Cl. The van der Waals surface area contributed by atoms with Crippen LogP contribution in [0.4, 0.5) is 0 Å². The Bertz CT molecular complexity index is 927. The molecule has 1 aromatic rings. The van der Waals surface area contributed by atoms with Gasteiger partial charge in [0.15, 0.2) is 0 Å². The summed E-state index contributed by atoms with van der Waals surface area (Å²) in [6, 6.07) is 8.85. The fourth-order valence-corrected chi connectivity index (χ4v) is 2.86. The molecule has 0 amide bonds. The van der Waals surface area contributed by atoms with Crippen LogP contribution in [0.2, 0.25) is 5.02 Å². The van der Waals surface area contributed by atoms with E-state index in [0.29, 0.717) is 10.6 Å². The van der Waals surface area contributed by atoms with Gasteiger partial charge in [-0.15, -0.1) is 0 Å². The van der Waals surface area contributed by atoms with E-state index in [-0.39, 0.29) is 41.6 Å². The van der Waals surface area contributed by atoms with Gasteiger partial charge in [0.1, 0.15) is 24.5 Å². The normalized spacial score (nSPS) is 16.1. The van der Waals surface area contributed by atoms with Crippen LogP contribution in [0, 0.1) is 11.3 Å². The van der Waals surface area contributed by atoms with Crippen molar-refractivity contribution in [2.24, 2.45) is 5.73 Å². The van der Waals surface area contributed by atoms with Crippen LogP contribution in [0.5, 0.6) is 0 Å². The zero-order chi connectivity index (χ0) is 20.8. The lowest BCUT2D eigenvalue weighted by atomic mass is 9.83. The second kappa shape index (κ2) is 9.11. The molecule has 1 atom stereocenters. The van der Waals surface area contributed by atoms with Crippen molar-refractivity contribution >= 4 is 23.5 Å². The number of rotatable bonds is 6. The molecule has 8 heteroatoms. The molecule has 1 aliphatic heterocycles. The lowest BCUT2D eigenvalue weighted by Crippen LogP contribution is -2.27. The minimum Gasteiger partial charge on any atom is -0.459 e. The number of carbonyl (C=O) groups is 2. The molecular formula is C20H19ClN2O5. The highest BCUT2D eigenvalue weighted by atomic mass is 35.5. The van der Waals surface area contributed by atoms with E-state index in [1.165, 1.54) is 6.92 Å². The summed E-state index contributed by atoms with van der Waals surface area (Å²) in [5, 5.41) is 9.95. The first-order valence-electron chi connectivity index (χ1n) is 8.30. The first-order chi connectivity index (χ1) is 13.3. The molecule has 28 heavy (non-hydrogen) atoms. The minimum absolute atomic E-state index is 0.0403. The largest absolute Gasteiger partial charge is 0.459 e. The molecule has 0 fully saturated rings. The van der Waals surface area contributed by atoms with Crippen LogP contribution in [0.25, 0.3) is 0 Å². The summed E-state index contributed by atoms with van der Waals surface area (Å²) < 4.78 is 15.4. The number of nitrogens with zero attached hydrogens (tertiary/aromatic N) is 1. The summed E-state index contributed by atoms with van der Waals surface area (Å²) in [7, 11) is 0. The molecule has 1 aliphatic rings. The van der Waals surface area contributed by atoms with Gasteiger partial charge in [0.2, 0.25) is 5.88 Å². The van der Waals surface area contributed by atoms with Crippen molar-refractivity contribution in [3.8, 4) is 6.07 Å². The van der Waals surface area contributed by atoms with Gasteiger partial charge in [-0.25, -0.2) is 9.59 Å². The molecule has 0 saturated heterocycles. The quantitative estimate of drug-likeness (QED) is 0.442. The first kappa shape index (κ1) is 21.1. The number of halogens is 1. The number of esters is 2. The van der Waals surface area contributed by atoms with E-state index >= 15 is 0 Å². The molecule has 0 aliphatic carbocycles. The van der Waals surface area contributed by atoms with E-state index in [4.69, 9.17) is 31.5 Å². The van der Waals surface area contributed by atoms with Crippen LogP contribution in [0.3, 0.4) is 0 Å². The van der Waals surface area contributed by atoms with Gasteiger partial charge in [0.05, 0.1) is 17.6 Å². The Hall–Kier alpha value is -3.24. The Morgan fingerprint density at radius 3 is 2.57 bits per heavy atom. The van der Waals surface area contributed by atoms with Gasteiger partial charge in [0, 0.05) is 10.6 Å². The lowest BCUT2D eigenvalue weighted by molar-refractivity contribution is -0.147. The van der Waals surface area contributed by atoms with Gasteiger partial charge < -0.3 is 19.9 Å². The number of benzene rings is 1. The van der Waals surface area contributed by atoms with Crippen LogP contribution in [-0.2, 0) is 23.8 Å². The molecule has 2 N–H and O–H groups in total. The van der Waals surface area contributed by atoms with Crippen molar-refractivity contribution in [1.82, 2.24) is 0 Å². The maximum absolute atomic E-state index is 12.7. The third kappa shape index (κ3) is 4.53. The molecule has 1 heterocycles. The number of ether oxygens (including phenoxy) is 3. The standard InChI is InChI=1S/C20H19ClN2O5/c1-11(2)19(24)26-8-9-27-20(25)17-16(13-6-4-5-7-15(13)21)14(10-22)12(3)28-18(17)23/h4-7,16H,1,8-9,23H2,2-3H3/t16-/m1/s1. The Morgan fingerprint density at radius 2 is 1.96 bits per heavy atom. The zero-order valence-electron chi connectivity index (χ0n) is 15.5. The average molecular weight is 403 g/mol. The number of hydrogen-bond acceptors (Lipinski definition) is 7. The average Bonchev–Trinajstić information content (AvgIpc) is 2.64. The van der Waals surface area contributed by atoms with Crippen LogP contribution in [-0.4, -0.2) is 25.2 Å². The highest BCUT2D eigenvalue weighted by molar-refractivity contribution is 6.31. The van der Waals surface area contributed by atoms with Crippen molar-refractivity contribution < 1.29 is 23.8 Å². The van der Waals surface area contributed by atoms with Crippen molar-refractivity contribution in [3.05, 3.63) is 69.8 Å². The Balaban J connectivity index is 2.27. The highest BCUT2D eigenvalue weighted by Gasteiger charge is 2.37. The lowest BCUT2D eigenvalue weighted by Gasteiger charge is -2.27. The third-order valence-corrected chi connectivity index (χ3v) is 4.28. The Labute approximate surface area is 167 Å². The molecule has 7 nitrogen and oxygen atoms in total. The fourth-order valence-electron chi connectivity index (χ4n) is 2.62. The van der Waals surface area contributed by atoms with E-state index in [1.54, 1.807) is 31.2 Å². The molecule has 0 spiro atoms. The predicted molar refractivity (Wildman–Crippen MR) is 102 cm³/mol. The first-order valence-corrected chi connectivity index (χ1v) is 8.68. The topological polar surface area (TPSA) is 112 Å². The van der Waals surface area contributed by atoms with E-state index in [9.17, 15) is 14.9 Å². The van der Waals surface area contributed by atoms with Crippen molar-refractivity contribution in [2.75, 3.05) is 13.2 Å². The van der Waals surface area contributed by atoms with Gasteiger partial charge in [-0.3, -0.25) is 0 Å². The van der Waals surface area contributed by atoms with Crippen molar-refractivity contribution in [3.63, 3.8) is 0 Å². The predicted octanol–water partition coefficient (Wildman–Crippen LogP) is 3.08. The van der Waals surface area contributed by atoms with E-state index in [1.807, 2.05) is 6.07 Å². The van der Waals surface area contributed by atoms with Crippen molar-refractivity contribution in [1.29, 1.82) is 5.26 Å². The smallest absolute Gasteiger partial charge is 0.340 e. The second-order valence-electron chi connectivity index (χ2n) is 5.97. The molecule has 1 aromatic carbocycles. The fraction of sp³-hybridized carbons (Fsp3) is 0.250. The summed E-state index contributed by atoms with van der Waals surface area (Å²) >= 11 is 6.28. The summed E-state index contributed by atoms with van der Waals surface area (Å²) in [5.41, 5.74) is 6.84. The molecule has 0 unspecified atom stereocenters. The maximum Gasteiger partial charge on any atom is 0.340 e. The molecular weight excluding hydrogens is 384 g/mol. The van der Waals surface area contributed by atoms with Crippen molar-refractivity contribution in [2.45, 2.75) is 19.8 Å². The van der Waals surface area contributed by atoms with E-state index in [0.717, 1.165) is 0 Å². The second-order valence-corrected chi connectivity index (χ2v) is 6.38. The monoisotopic (exact) mass is 402 g/mol. The molecule has 2 rings (SSSR count). The van der Waals surface area contributed by atoms with Gasteiger partial charge in [0.25, 0.3) is 0 Å². The third-order valence-electron chi connectivity index (χ3n) is 3.94. The van der Waals surface area contributed by atoms with Crippen LogP contribution >= 0.6 is 11.6 Å². The number of nitriles is 1. The molecule has 0 aromatic heterocycles. The van der Waals surface area contributed by atoms with Crippen LogP contribution in [0.15, 0.2) is 59.2 Å². The van der Waals surface area contributed by atoms with Gasteiger partial charge in [-0.1, -0.05) is 36.4 Å². The van der Waals surface area contributed by atoms with Gasteiger partial charge in [-0.05, 0) is 25.5 Å². The molecule has 0 saturated carbocycles. The van der Waals surface area contributed by atoms with Crippen LogP contribution < -0.4 is 5.73 Å². The number of nitrogens with two attached hydrogens (primary N) is 1. The number of hydrogen-bond donors (Lipinski definition) is 1. The van der Waals surface area contributed by atoms with Gasteiger partial charge >= 0.3 is 11.9 Å².